The number of hydrogen-bond acceptors (Lipinski definition) is 7. The molecule has 1 aliphatic rings. The van der Waals surface area contributed by atoms with E-state index in [0.29, 0.717) is 17.9 Å². The Hall–Kier alpha value is -1.63. The van der Waals surface area contributed by atoms with Crippen LogP contribution in [-0.2, 0) is 0 Å². The van der Waals surface area contributed by atoms with Crippen LogP contribution in [0.25, 0.3) is 0 Å². The van der Waals surface area contributed by atoms with Crippen molar-refractivity contribution in [2.24, 2.45) is 5.92 Å². The van der Waals surface area contributed by atoms with Gasteiger partial charge in [0.1, 0.15) is 0 Å². The highest BCUT2D eigenvalue weighted by Crippen LogP contribution is 2.24. The van der Waals surface area contributed by atoms with Crippen molar-refractivity contribution in [2.45, 2.75) is 26.4 Å². The summed E-state index contributed by atoms with van der Waals surface area (Å²) in [7, 11) is 1.54. The highest BCUT2D eigenvalue weighted by Gasteiger charge is 2.28. The van der Waals surface area contributed by atoms with Gasteiger partial charge in [-0.05, 0) is 20.3 Å². The van der Waals surface area contributed by atoms with Crippen LogP contribution < -0.4 is 15.0 Å². The molecule has 1 fully saturated rings. The third-order valence-electron chi connectivity index (χ3n) is 3.31. The molecule has 1 aromatic rings. The number of aromatic nitrogens is 3. The molecule has 7 heteroatoms. The molecule has 1 aromatic heterocycles. The third-order valence-corrected chi connectivity index (χ3v) is 3.31. The van der Waals surface area contributed by atoms with Crippen LogP contribution in [-0.4, -0.2) is 52.9 Å². The Bertz CT molecular complexity index is 427. The molecule has 2 N–H and O–H groups in total. The van der Waals surface area contributed by atoms with E-state index in [4.69, 9.17) is 4.74 Å². The van der Waals surface area contributed by atoms with Gasteiger partial charge in [0.15, 0.2) is 0 Å². The lowest BCUT2D eigenvalue weighted by atomic mass is 10.0. The number of nitrogens with zero attached hydrogens (tertiary/aromatic N) is 4. The Morgan fingerprint density at radius 1 is 1.47 bits per heavy atom. The largest absolute Gasteiger partial charge is 0.467 e. The highest BCUT2D eigenvalue weighted by molar-refractivity contribution is 5.39. The quantitative estimate of drug-likeness (QED) is 0.804. The van der Waals surface area contributed by atoms with Gasteiger partial charge in [0.05, 0.1) is 13.2 Å². The maximum atomic E-state index is 9.64. The van der Waals surface area contributed by atoms with Crippen LogP contribution in [0.1, 0.15) is 20.3 Å². The van der Waals surface area contributed by atoms with Gasteiger partial charge >= 0.3 is 6.01 Å². The average molecular weight is 267 g/mol. The molecule has 0 aliphatic carbocycles. The molecule has 2 rings (SSSR count). The van der Waals surface area contributed by atoms with Gasteiger partial charge in [-0.1, -0.05) is 0 Å². The van der Waals surface area contributed by atoms with Gasteiger partial charge in [-0.3, -0.25) is 0 Å². The van der Waals surface area contributed by atoms with Gasteiger partial charge in [-0.15, -0.1) is 0 Å². The summed E-state index contributed by atoms with van der Waals surface area (Å²) in [6, 6.07) is 0.307. The number of ether oxygens (including phenoxy) is 1. The first-order chi connectivity index (χ1) is 9.13. The highest BCUT2D eigenvalue weighted by atomic mass is 16.5. The summed E-state index contributed by atoms with van der Waals surface area (Å²) in [5.74, 6) is 1.39. The molecule has 0 amide bonds. The number of aliphatic hydroxyl groups is 1. The molecule has 106 valence electrons. The fraction of sp³-hybridized carbons (Fsp3) is 0.750. The predicted octanol–water partition coefficient (Wildman–Crippen LogP) is 0.519. The second-order valence-corrected chi connectivity index (χ2v) is 4.71. The monoisotopic (exact) mass is 267 g/mol. The Kier molecular flexibility index (Phi) is 4.36. The standard InChI is InChI=1S/C12H21N5O2/c1-4-13-10-14-11(16-12(15-10)19-3)17-6-5-9(7-17)8(2)18/h8-9,18H,4-7H2,1-3H3,(H,13,14,15,16). The molecule has 2 heterocycles. The first-order valence-corrected chi connectivity index (χ1v) is 6.61. The smallest absolute Gasteiger partial charge is 0.322 e. The summed E-state index contributed by atoms with van der Waals surface area (Å²) in [5, 5.41) is 12.7. The van der Waals surface area contributed by atoms with Gasteiger partial charge in [-0.25, -0.2) is 0 Å². The van der Waals surface area contributed by atoms with E-state index in [1.54, 1.807) is 0 Å². The Labute approximate surface area is 113 Å². The minimum Gasteiger partial charge on any atom is -0.467 e. The molecule has 0 spiro atoms. The molecule has 19 heavy (non-hydrogen) atoms. The van der Waals surface area contributed by atoms with Gasteiger partial charge in [0, 0.05) is 25.6 Å². The summed E-state index contributed by atoms with van der Waals surface area (Å²) < 4.78 is 5.10. The summed E-state index contributed by atoms with van der Waals surface area (Å²) in [6.07, 6.45) is 0.643. The number of rotatable bonds is 5. The number of hydrogen-bond donors (Lipinski definition) is 2. The molecular weight excluding hydrogens is 246 g/mol. The van der Waals surface area contributed by atoms with E-state index >= 15 is 0 Å². The van der Waals surface area contributed by atoms with Crippen molar-refractivity contribution in [3.63, 3.8) is 0 Å². The molecule has 0 radical (unpaired) electrons. The second-order valence-electron chi connectivity index (χ2n) is 4.71. The van der Waals surface area contributed by atoms with E-state index in [2.05, 4.69) is 25.2 Å². The van der Waals surface area contributed by atoms with Crippen LogP contribution in [0.2, 0.25) is 0 Å². The molecule has 1 saturated heterocycles. The Balaban J connectivity index is 2.17. The van der Waals surface area contributed by atoms with Crippen molar-refractivity contribution in [3.8, 4) is 6.01 Å². The van der Waals surface area contributed by atoms with E-state index in [0.717, 1.165) is 26.1 Å². The van der Waals surface area contributed by atoms with Gasteiger partial charge in [0.25, 0.3) is 0 Å². The normalized spacial score (nSPS) is 20.4. The van der Waals surface area contributed by atoms with Gasteiger partial charge in [0.2, 0.25) is 11.9 Å². The first kappa shape index (κ1) is 13.8. The zero-order valence-electron chi connectivity index (χ0n) is 11.6. The molecule has 0 aromatic carbocycles. The maximum absolute atomic E-state index is 9.64. The lowest BCUT2D eigenvalue weighted by Crippen LogP contribution is -2.26. The minimum atomic E-state index is -0.304. The van der Waals surface area contributed by atoms with Crippen LogP contribution in [0, 0.1) is 5.92 Å². The summed E-state index contributed by atoms with van der Waals surface area (Å²) in [5.41, 5.74) is 0. The minimum absolute atomic E-state index is 0.269. The fourth-order valence-corrected chi connectivity index (χ4v) is 2.18. The van der Waals surface area contributed by atoms with Crippen molar-refractivity contribution in [1.29, 1.82) is 0 Å². The third kappa shape index (κ3) is 3.23. The zero-order chi connectivity index (χ0) is 13.8. The Morgan fingerprint density at radius 2 is 2.26 bits per heavy atom. The average Bonchev–Trinajstić information content (AvgIpc) is 2.88. The van der Waals surface area contributed by atoms with Crippen LogP contribution in [0.5, 0.6) is 6.01 Å². The first-order valence-electron chi connectivity index (χ1n) is 6.61. The SMILES string of the molecule is CCNc1nc(OC)nc(N2CCC(C(C)O)C2)n1. The van der Waals surface area contributed by atoms with Crippen molar-refractivity contribution in [1.82, 2.24) is 15.0 Å². The van der Waals surface area contributed by atoms with E-state index < -0.39 is 0 Å². The molecule has 2 unspecified atom stereocenters. The van der Waals surface area contributed by atoms with E-state index in [-0.39, 0.29) is 12.0 Å². The molecule has 2 atom stereocenters. The van der Waals surface area contributed by atoms with E-state index in [1.807, 2.05) is 13.8 Å². The molecule has 0 saturated carbocycles. The number of aliphatic hydroxyl groups excluding tert-OH is 1. The van der Waals surface area contributed by atoms with Gasteiger partial charge < -0.3 is 20.1 Å². The van der Waals surface area contributed by atoms with Crippen molar-refractivity contribution < 1.29 is 9.84 Å². The predicted molar refractivity (Wildman–Crippen MR) is 72.5 cm³/mol. The molecule has 1 aliphatic heterocycles. The van der Waals surface area contributed by atoms with Crippen molar-refractivity contribution in [3.05, 3.63) is 0 Å². The second kappa shape index (κ2) is 6.01. The zero-order valence-corrected chi connectivity index (χ0v) is 11.6. The number of nitrogens with one attached hydrogen (secondary N) is 1. The lowest BCUT2D eigenvalue weighted by molar-refractivity contribution is 0.136. The summed E-state index contributed by atoms with van der Waals surface area (Å²) >= 11 is 0. The number of anilines is 2. The molecule has 7 nitrogen and oxygen atoms in total. The fourth-order valence-electron chi connectivity index (χ4n) is 2.18. The van der Waals surface area contributed by atoms with Crippen LogP contribution in [0.3, 0.4) is 0 Å². The summed E-state index contributed by atoms with van der Waals surface area (Å²) in [4.78, 5) is 14.8. The molecular formula is C12H21N5O2. The van der Waals surface area contributed by atoms with Gasteiger partial charge in [-0.2, -0.15) is 15.0 Å². The summed E-state index contributed by atoms with van der Waals surface area (Å²) in [6.45, 7) is 6.15. The van der Waals surface area contributed by atoms with E-state index in [9.17, 15) is 5.11 Å². The lowest BCUT2D eigenvalue weighted by Gasteiger charge is -2.18. The van der Waals surface area contributed by atoms with Crippen molar-refractivity contribution in [2.75, 3.05) is 37.0 Å². The van der Waals surface area contributed by atoms with Crippen LogP contribution in [0.4, 0.5) is 11.9 Å². The van der Waals surface area contributed by atoms with Crippen LogP contribution >= 0.6 is 0 Å². The Morgan fingerprint density at radius 3 is 2.84 bits per heavy atom. The topological polar surface area (TPSA) is 83.4 Å². The molecule has 0 bridgehead atoms. The van der Waals surface area contributed by atoms with Crippen LogP contribution in [0.15, 0.2) is 0 Å². The van der Waals surface area contributed by atoms with E-state index in [1.165, 1.54) is 7.11 Å². The number of methoxy groups -OCH3 is 1. The maximum Gasteiger partial charge on any atom is 0.322 e. The van der Waals surface area contributed by atoms with Crippen molar-refractivity contribution >= 4 is 11.9 Å².